The monoisotopic (exact) mass is 145 g/mol. The van der Waals surface area contributed by atoms with E-state index < -0.39 is 11.8 Å². The van der Waals surface area contributed by atoms with Crippen molar-refractivity contribution in [3.8, 4) is 0 Å². The summed E-state index contributed by atoms with van der Waals surface area (Å²) in [6, 6.07) is 0. The normalized spacial score (nSPS) is 5.62. The van der Waals surface area contributed by atoms with E-state index in [0.717, 1.165) is 6.92 Å². The molecule has 0 bridgehead atoms. The van der Waals surface area contributed by atoms with Crippen LogP contribution in [-0.2, 0) is 9.59 Å². The van der Waals surface area contributed by atoms with E-state index in [1.807, 2.05) is 0 Å². The fraction of sp³-hybridized carbons (Fsp3) is 0.333. The molecule has 0 heterocycles. The molecule has 0 radical (unpaired) electrons. The van der Waals surface area contributed by atoms with Crippen LogP contribution in [0.25, 0.3) is 0 Å². The van der Waals surface area contributed by atoms with Crippen LogP contribution in [0.4, 0.5) is 0 Å². The number of aliphatic carboxylic acids is 1. The molecule has 2 N–H and O–H groups in total. The number of carboxylic acids is 1. The minimum absolute atomic E-state index is 0. The molecule has 0 aliphatic heterocycles. The molecule has 4 nitrogen and oxygen atoms in total. The van der Waals surface area contributed by atoms with Gasteiger partial charge in [0.1, 0.15) is 5.97 Å². The first-order valence-corrected chi connectivity index (χ1v) is 1.36. The Labute approximate surface area is 76.2 Å². The standard InChI is InChI=1S/C3H4O3.Ca.H2O/c1-2(4)3(5)6;;/h1H3,(H,5,6);;1H2/q;+2;/p-1. The maximum Gasteiger partial charge on any atom is 2.00 e. The molecule has 0 unspecified atom stereocenters. The molecule has 0 amide bonds. The van der Waals surface area contributed by atoms with Gasteiger partial charge >= 0.3 is 37.7 Å². The fourth-order valence-corrected chi connectivity index (χ4v) is 0. The average molecular weight is 145 g/mol. The maximum atomic E-state index is 9.48. The van der Waals surface area contributed by atoms with Gasteiger partial charge in [-0.1, -0.05) is 0 Å². The summed E-state index contributed by atoms with van der Waals surface area (Å²) < 4.78 is 0. The van der Waals surface area contributed by atoms with Gasteiger partial charge in [0.25, 0.3) is 0 Å². The number of carbonyl (C=O) groups is 2. The number of ketones is 1. The van der Waals surface area contributed by atoms with Crippen LogP contribution in [0.1, 0.15) is 6.92 Å². The van der Waals surface area contributed by atoms with Gasteiger partial charge in [-0.3, -0.25) is 4.79 Å². The summed E-state index contributed by atoms with van der Waals surface area (Å²) in [5, 5.41) is 9.24. The van der Waals surface area contributed by atoms with E-state index in [2.05, 4.69) is 0 Å². The van der Waals surface area contributed by atoms with Crippen molar-refractivity contribution in [3.63, 3.8) is 0 Å². The van der Waals surface area contributed by atoms with Crippen molar-refractivity contribution in [2.75, 3.05) is 0 Å². The van der Waals surface area contributed by atoms with Crippen LogP contribution in [0.5, 0.6) is 0 Å². The Morgan fingerprint density at radius 3 is 1.50 bits per heavy atom. The molecule has 0 atom stereocenters. The largest absolute Gasteiger partial charge is 2.00 e. The van der Waals surface area contributed by atoms with Crippen molar-refractivity contribution in [3.05, 3.63) is 0 Å². The summed E-state index contributed by atoms with van der Waals surface area (Å²) in [5.41, 5.74) is 0. The molecule has 0 aliphatic rings. The molecule has 0 aromatic carbocycles. The van der Waals surface area contributed by atoms with Crippen molar-refractivity contribution in [2.24, 2.45) is 0 Å². The third-order valence-corrected chi connectivity index (χ3v) is 0.287. The van der Waals surface area contributed by atoms with Crippen LogP contribution in [0.3, 0.4) is 0 Å². The number of hydrogen-bond donors (Lipinski definition) is 0. The Morgan fingerprint density at radius 2 is 1.50 bits per heavy atom. The number of carbonyl (C=O) groups excluding carboxylic acids is 2. The number of carboxylic acid groups (broad SMARTS) is 1. The van der Waals surface area contributed by atoms with Crippen LogP contribution in [0, 0.1) is 0 Å². The van der Waals surface area contributed by atoms with Gasteiger partial charge in [-0.15, -0.1) is 0 Å². The first-order chi connectivity index (χ1) is 2.64. The van der Waals surface area contributed by atoms with Gasteiger partial charge in [0.2, 0.25) is 0 Å². The zero-order valence-corrected chi connectivity index (χ0v) is 6.64. The zero-order valence-electron chi connectivity index (χ0n) is 4.43. The minimum atomic E-state index is -1.63. The van der Waals surface area contributed by atoms with E-state index in [1.165, 1.54) is 0 Å². The molecular formula is C3H5CaO4+. The van der Waals surface area contributed by atoms with Gasteiger partial charge in [-0.2, -0.15) is 0 Å². The summed E-state index contributed by atoms with van der Waals surface area (Å²) in [5.74, 6) is -2.56. The van der Waals surface area contributed by atoms with Crippen LogP contribution in [0.15, 0.2) is 0 Å². The predicted octanol–water partition coefficient (Wildman–Crippen LogP) is -2.88. The summed E-state index contributed by atoms with van der Waals surface area (Å²) in [4.78, 5) is 18.7. The average Bonchev–Trinajstić information content (AvgIpc) is 1.36. The van der Waals surface area contributed by atoms with E-state index in [1.54, 1.807) is 0 Å². The van der Waals surface area contributed by atoms with Gasteiger partial charge in [0.15, 0.2) is 5.78 Å². The summed E-state index contributed by atoms with van der Waals surface area (Å²) in [7, 11) is 0. The quantitative estimate of drug-likeness (QED) is 0.293. The van der Waals surface area contributed by atoms with Gasteiger partial charge in [-0.05, 0) is 0 Å². The molecule has 0 aliphatic carbocycles. The van der Waals surface area contributed by atoms with E-state index in [0.29, 0.717) is 0 Å². The van der Waals surface area contributed by atoms with Crippen molar-refractivity contribution >= 4 is 49.5 Å². The first kappa shape index (κ1) is 15.8. The molecule has 0 fully saturated rings. The third kappa shape index (κ3) is 9.61. The number of Topliss-reactive ketones (excluding diaryl/α,β-unsaturated/α-hetero) is 1. The second kappa shape index (κ2) is 7.36. The second-order valence-electron chi connectivity index (χ2n) is 0.844. The molecule has 42 valence electrons. The molecule has 0 rings (SSSR count). The van der Waals surface area contributed by atoms with Crippen molar-refractivity contribution < 1.29 is 20.2 Å². The van der Waals surface area contributed by atoms with Crippen molar-refractivity contribution in [2.45, 2.75) is 6.92 Å². The Hall–Kier alpha value is 0.360. The fourth-order valence-electron chi connectivity index (χ4n) is 0. The second-order valence-corrected chi connectivity index (χ2v) is 0.844. The van der Waals surface area contributed by atoms with Gasteiger partial charge < -0.3 is 15.4 Å². The summed E-state index contributed by atoms with van der Waals surface area (Å²) in [6.45, 7) is 0.940. The molecular weight excluding hydrogens is 140 g/mol. The summed E-state index contributed by atoms with van der Waals surface area (Å²) >= 11 is 0. The van der Waals surface area contributed by atoms with Gasteiger partial charge in [0.05, 0.1) is 0 Å². The Bertz CT molecular complexity index is 77.3. The number of hydrogen-bond acceptors (Lipinski definition) is 3. The SMILES string of the molecule is CC(=O)C(=O)[O-].O.[Ca+2]. The van der Waals surface area contributed by atoms with Gasteiger partial charge in [0, 0.05) is 6.92 Å². The Morgan fingerprint density at radius 1 is 1.38 bits per heavy atom. The molecule has 0 saturated carbocycles. The topological polar surface area (TPSA) is 88.7 Å². The Balaban J connectivity index is -0.000000125. The molecule has 8 heavy (non-hydrogen) atoms. The van der Waals surface area contributed by atoms with Crippen LogP contribution < -0.4 is 5.11 Å². The first-order valence-electron chi connectivity index (χ1n) is 1.36. The van der Waals surface area contributed by atoms with E-state index in [-0.39, 0.29) is 43.2 Å². The van der Waals surface area contributed by atoms with Crippen LogP contribution in [-0.4, -0.2) is 55.0 Å². The molecule has 0 aromatic heterocycles. The number of rotatable bonds is 1. The third-order valence-electron chi connectivity index (χ3n) is 0.287. The maximum absolute atomic E-state index is 9.48. The zero-order chi connectivity index (χ0) is 5.15. The summed E-state index contributed by atoms with van der Waals surface area (Å²) in [6.07, 6.45) is 0. The van der Waals surface area contributed by atoms with Crippen molar-refractivity contribution in [1.29, 1.82) is 0 Å². The van der Waals surface area contributed by atoms with E-state index in [9.17, 15) is 14.7 Å². The van der Waals surface area contributed by atoms with E-state index in [4.69, 9.17) is 0 Å². The van der Waals surface area contributed by atoms with E-state index >= 15 is 0 Å². The van der Waals surface area contributed by atoms with Crippen LogP contribution in [0.2, 0.25) is 0 Å². The molecule has 0 saturated heterocycles. The van der Waals surface area contributed by atoms with Gasteiger partial charge in [-0.25, -0.2) is 0 Å². The molecule has 0 spiro atoms. The van der Waals surface area contributed by atoms with Crippen LogP contribution >= 0.6 is 0 Å². The van der Waals surface area contributed by atoms with Crippen molar-refractivity contribution in [1.82, 2.24) is 0 Å². The minimum Gasteiger partial charge on any atom is -0.542 e. The smallest absolute Gasteiger partial charge is 0.542 e. The molecule has 5 heteroatoms. The Kier molecular flexibility index (Phi) is 14.5. The molecule has 0 aromatic rings. The predicted molar refractivity (Wildman–Crippen MR) is 25.1 cm³/mol.